The number of benzene rings is 3. The van der Waals surface area contributed by atoms with Gasteiger partial charge in [0.05, 0.1) is 25.9 Å². The largest absolute Gasteiger partial charge is 0.497 e. The summed E-state index contributed by atoms with van der Waals surface area (Å²) in [6.45, 7) is 0. The van der Waals surface area contributed by atoms with Gasteiger partial charge in [0.1, 0.15) is 33.5 Å². The van der Waals surface area contributed by atoms with Gasteiger partial charge in [0.15, 0.2) is 0 Å². The molecule has 1 aromatic heterocycles. The number of ether oxygens (including phenoxy) is 2. The molecule has 0 saturated carbocycles. The summed E-state index contributed by atoms with van der Waals surface area (Å²) in [5.41, 5.74) is 1.93. The number of aromatic nitrogens is 2. The predicted molar refractivity (Wildman–Crippen MR) is 130 cm³/mol. The lowest BCUT2D eigenvalue weighted by molar-refractivity contribution is -0.117. The van der Waals surface area contributed by atoms with E-state index in [4.69, 9.17) is 9.47 Å². The molecule has 0 aliphatic rings. The Morgan fingerprint density at radius 1 is 0.971 bits per heavy atom. The fourth-order valence-electron chi connectivity index (χ4n) is 3.40. The maximum Gasteiger partial charge on any atom is 0.243 e. The molecule has 1 amide bonds. The molecule has 0 aliphatic carbocycles. The van der Waals surface area contributed by atoms with Crippen molar-refractivity contribution in [1.82, 2.24) is 13.5 Å². The van der Waals surface area contributed by atoms with Crippen molar-refractivity contribution < 1.29 is 22.7 Å². The molecule has 0 aliphatic heterocycles. The van der Waals surface area contributed by atoms with Gasteiger partial charge in [-0.15, -0.1) is 0 Å². The highest BCUT2D eigenvalue weighted by molar-refractivity contribution is 7.89. The predicted octanol–water partition coefficient (Wildman–Crippen LogP) is 3.24. The van der Waals surface area contributed by atoms with E-state index in [2.05, 4.69) is 18.8 Å². The van der Waals surface area contributed by atoms with Crippen LogP contribution in [-0.2, 0) is 21.2 Å². The second-order valence-corrected chi connectivity index (χ2v) is 9.55. The number of sulfonamides is 1. The Morgan fingerprint density at radius 3 is 2.35 bits per heavy atom. The topological polar surface area (TPSA) is 120 Å². The van der Waals surface area contributed by atoms with Gasteiger partial charge in [0, 0.05) is 23.9 Å². The minimum Gasteiger partial charge on any atom is -0.497 e. The standard InChI is InChI=1S/C23H22N4O5S2/c1-31-17-12-16(13-18(14-17)32-2)24-23(28)20(11-15-7-4-3-5-8-15)27-34(29,30)21-10-6-9-19-22(21)26-33-25-19/h3-10,12-14,20,27H,11H2,1-2H3,(H,24,28). The van der Waals surface area contributed by atoms with Crippen molar-refractivity contribution in [3.05, 3.63) is 72.3 Å². The van der Waals surface area contributed by atoms with Crippen LogP contribution in [-0.4, -0.2) is 43.3 Å². The van der Waals surface area contributed by atoms with E-state index in [1.165, 1.54) is 20.3 Å². The number of nitrogens with zero attached hydrogens (tertiary/aromatic N) is 2. The Morgan fingerprint density at radius 2 is 1.68 bits per heavy atom. The zero-order valence-electron chi connectivity index (χ0n) is 18.4. The second kappa shape index (κ2) is 10.2. The number of amides is 1. The third-order valence-corrected chi connectivity index (χ3v) is 7.10. The Labute approximate surface area is 201 Å². The number of carbonyl (C=O) groups is 1. The van der Waals surface area contributed by atoms with Crippen molar-refractivity contribution >= 4 is 44.4 Å². The number of methoxy groups -OCH3 is 2. The van der Waals surface area contributed by atoms with Crippen molar-refractivity contribution in [2.24, 2.45) is 0 Å². The average molecular weight is 499 g/mol. The van der Waals surface area contributed by atoms with Gasteiger partial charge in [-0.1, -0.05) is 36.4 Å². The monoisotopic (exact) mass is 498 g/mol. The second-order valence-electron chi connectivity index (χ2n) is 7.34. The summed E-state index contributed by atoms with van der Waals surface area (Å²) in [6.07, 6.45) is 0.137. The van der Waals surface area contributed by atoms with E-state index >= 15 is 0 Å². The van der Waals surface area contributed by atoms with Crippen molar-refractivity contribution in [1.29, 1.82) is 0 Å². The van der Waals surface area contributed by atoms with Crippen molar-refractivity contribution in [2.45, 2.75) is 17.4 Å². The van der Waals surface area contributed by atoms with Crippen LogP contribution in [0.25, 0.3) is 11.0 Å². The molecule has 1 heterocycles. The molecule has 34 heavy (non-hydrogen) atoms. The summed E-state index contributed by atoms with van der Waals surface area (Å²) < 4.78 is 47.9. The van der Waals surface area contributed by atoms with E-state index in [-0.39, 0.29) is 16.8 Å². The van der Waals surface area contributed by atoms with Crippen LogP contribution in [0.1, 0.15) is 5.56 Å². The van der Waals surface area contributed by atoms with E-state index in [1.54, 1.807) is 30.3 Å². The molecular formula is C23H22N4O5S2. The molecule has 9 nitrogen and oxygen atoms in total. The SMILES string of the molecule is COc1cc(NC(=O)C(Cc2ccccc2)NS(=O)(=O)c2cccc3nsnc23)cc(OC)c1. The van der Waals surface area contributed by atoms with Crippen LogP contribution in [0.4, 0.5) is 5.69 Å². The highest BCUT2D eigenvalue weighted by atomic mass is 32.2. The van der Waals surface area contributed by atoms with Crippen LogP contribution < -0.4 is 19.5 Å². The fraction of sp³-hybridized carbons (Fsp3) is 0.174. The molecule has 176 valence electrons. The Bertz CT molecular complexity index is 1390. The molecule has 4 rings (SSSR count). The summed E-state index contributed by atoms with van der Waals surface area (Å²) in [4.78, 5) is 13.3. The van der Waals surface area contributed by atoms with Crippen molar-refractivity contribution in [3.63, 3.8) is 0 Å². The zero-order chi connectivity index (χ0) is 24.1. The summed E-state index contributed by atoms with van der Waals surface area (Å²) in [5.74, 6) is 0.432. The molecular weight excluding hydrogens is 476 g/mol. The van der Waals surface area contributed by atoms with Crippen molar-refractivity contribution in [2.75, 3.05) is 19.5 Å². The van der Waals surface area contributed by atoms with Crippen LogP contribution in [0.5, 0.6) is 11.5 Å². The van der Waals surface area contributed by atoms with Gasteiger partial charge < -0.3 is 14.8 Å². The summed E-state index contributed by atoms with van der Waals surface area (Å²) in [6, 6.07) is 17.7. The maximum absolute atomic E-state index is 13.3. The Balaban J connectivity index is 1.65. The normalized spacial score (nSPS) is 12.3. The first-order valence-electron chi connectivity index (χ1n) is 10.2. The Hall–Kier alpha value is -3.54. The van der Waals surface area contributed by atoms with Gasteiger partial charge in [-0.3, -0.25) is 4.79 Å². The van der Waals surface area contributed by atoms with Gasteiger partial charge in [0.25, 0.3) is 0 Å². The first-order valence-corrected chi connectivity index (χ1v) is 12.4. The van der Waals surface area contributed by atoms with Gasteiger partial charge >= 0.3 is 0 Å². The first-order chi connectivity index (χ1) is 16.4. The van der Waals surface area contributed by atoms with Crippen LogP contribution in [0.3, 0.4) is 0 Å². The number of carbonyl (C=O) groups excluding carboxylic acids is 1. The lowest BCUT2D eigenvalue weighted by Gasteiger charge is -2.19. The lowest BCUT2D eigenvalue weighted by Crippen LogP contribution is -2.45. The highest BCUT2D eigenvalue weighted by Gasteiger charge is 2.28. The van der Waals surface area contributed by atoms with Crippen LogP contribution in [0.2, 0.25) is 0 Å². The van der Waals surface area contributed by atoms with Crippen LogP contribution in [0, 0.1) is 0 Å². The van der Waals surface area contributed by atoms with E-state index < -0.39 is 22.0 Å². The third kappa shape index (κ3) is 5.33. The fourth-order valence-corrected chi connectivity index (χ4v) is 5.36. The summed E-state index contributed by atoms with van der Waals surface area (Å²) >= 11 is 0.924. The number of anilines is 1. The van der Waals surface area contributed by atoms with E-state index in [9.17, 15) is 13.2 Å². The van der Waals surface area contributed by atoms with E-state index in [0.717, 1.165) is 17.3 Å². The number of hydrogen-bond donors (Lipinski definition) is 2. The quantitative estimate of drug-likeness (QED) is 0.364. The average Bonchev–Trinajstić information content (AvgIpc) is 3.32. The van der Waals surface area contributed by atoms with Gasteiger partial charge in [-0.05, 0) is 24.1 Å². The number of fused-ring (bicyclic) bond motifs is 1. The van der Waals surface area contributed by atoms with E-state index in [0.29, 0.717) is 22.7 Å². The molecule has 0 fully saturated rings. The minimum absolute atomic E-state index is 0.0346. The number of rotatable bonds is 9. The van der Waals surface area contributed by atoms with Crippen molar-refractivity contribution in [3.8, 4) is 11.5 Å². The summed E-state index contributed by atoms with van der Waals surface area (Å²) in [7, 11) is -1.09. The van der Waals surface area contributed by atoms with Gasteiger partial charge in [0.2, 0.25) is 15.9 Å². The highest BCUT2D eigenvalue weighted by Crippen LogP contribution is 2.26. The maximum atomic E-state index is 13.3. The van der Waals surface area contributed by atoms with Gasteiger partial charge in [-0.25, -0.2) is 8.42 Å². The molecule has 1 unspecified atom stereocenters. The molecule has 4 aromatic rings. The van der Waals surface area contributed by atoms with Gasteiger partial charge in [-0.2, -0.15) is 13.5 Å². The van der Waals surface area contributed by atoms with E-state index in [1.807, 2.05) is 30.3 Å². The lowest BCUT2D eigenvalue weighted by atomic mass is 10.1. The Kier molecular flexibility index (Phi) is 7.06. The number of nitrogens with one attached hydrogen (secondary N) is 2. The smallest absolute Gasteiger partial charge is 0.243 e. The number of hydrogen-bond acceptors (Lipinski definition) is 8. The molecule has 11 heteroatoms. The molecule has 0 bridgehead atoms. The van der Waals surface area contributed by atoms with Crippen LogP contribution >= 0.6 is 11.7 Å². The molecule has 1 atom stereocenters. The third-order valence-electron chi connectivity index (χ3n) is 5.05. The zero-order valence-corrected chi connectivity index (χ0v) is 20.0. The molecule has 0 spiro atoms. The molecule has 0 radical (unpaired) electrons. The van der Waals surface area contributed by atoms with Crippen LogP contribution in [0.15, 0.2) is 71.6 Å². The molecule has 0 saturated heterocycles. The summed E-state index contributed by atoms with van der Waals surface area (Å²) in [5, 5.41) is 2.77. The molecule has 2 N–H and O–H groups in total. The minimum atomic E-state index is -4.10. The first kappa shape index (κ1) is 23.6. The molecule has 3 aromatic carbocycles.